The fourth-order valence-corrected chi connectivity index (χ4v) is 2.72. The van der Waals surface area contributed by atoms with Crippen LogP contribution in [0.15, 0.2) is 45.2 Å². The van der Waals surface area contributed by atoms with Gasteiger partial charge in [0.1, 0.15) is 11.0 Å². The Labute approximate surface area is 151 Å². The highest BCUT2D eigenvalue weighted by Gasteiger charge is 2.16. The lowest BCUT2D eigenvalue weighted by atomic mass is 10.2. The summed E-state index contributed by atoms with van der Waals surface area (Å²) in [6.07, 6.45) is -1.08. The molecule has 1 amide bonds. The van der Waals surface area contributed by atoms with Gasteiger partial charge >= 0.3 is 6.09 Å². The highest BCUT2D eigenvalue weighted by atomic mass is 35.5. The van der Waals surface area contributed by atoms with E-state index >= 15 is 0 Å². The summed E-state index contributed by atoms with van der Waals surface area (Å²) in [7, 11) is 0. The maximum absolute atomic E-state index is 10.4. The van der Waals surface area contributed by atoms with Crippen LogP contribution in [0.4, 0.5) is 10.8 Å². The number of para-hydroxylation sites is 1. The number of rotatable bonds is 5. The second-order valence-corrected chi connectivity index (χ2v) is 5.90. The van der Waals surface area contributed by atoms with Crippen molar-refractivity contribution in [1.29, 1.82) is 0 Å². The number of halogens is 1. The molecule has 0 spiro atoms. The summed E-state index contributed by atoms with van der Waals surface area (Å²) in [6.45, 7) is 0.572. The van der Waals surface area contributed by atoms with Crippen LogP contribution >= 0.6 is 11.6 Å². The first-order valence-corrected chi connectivity index (χ1v) is 8.14. The van der Waals surface area contributed by atoms with Crippen molar-refractivity contribution < 1.29 is 18.7 Å². The van der Waals surface area contributed by atoms with Gasteiger partial charge in [0, 0.05) is 18.1 Å². The molecule has 26 heavy (non-hydrogen) atoms. The van der Waals surface area contributed by atoms with Gasteiger partial charge in [0.15, 0.2) is 11.2 Å². The van der Waals surface area contributed by atoms with Crippen molar-refractivity contribution in [2.24, 2.45) is 0 Å². The minimum atomic E-state index is -1.08. The van der Waals surface area contributed by atoms with Gasteiger partial charge in [-0.1, -0.05) is 17.7 Å². The highest BCUT2D eigenvalue weighted by Crippen LogP contribution is 2.32. The predicted octanol–water partition coefficient (Wildman–Crippen LogP) is 3.97. The largest absolute Gasteiger partial charge is 0.465 e. The van der Waals surface area contributed by atoms with Gasteiger partial charge in [-0.05, 0) is 30.3 Å². The minimum absolute atomic E-state index is 0.229. The van der Waals surface area contributed by atoms with Crippen molar-refractivity contribution in [3.8, 4) is 11.5 Å². The number of hydrogen-bond acceptors (Lipinski definition) is 6. The topological polar surface area (TPSA) is 113 Å². The number of nitrogens with one attached hydrogen (secondary N) is 2. The Hall–Kier alpha value is -3.26. The molecule has 8 nitrogen and oxygen atoms in total. The van der Waals surface area contributed by atoms with E-state index in [1.54, 1.807) is 24.3 Å². The summed E-state index contributed by atoms with van der Waals surface area (Å²) in [4.78, 5) is 19.3. The number of carboxylic acid groups (broad SMARTS) is 1. The quantitative estimate of drug-likeness (QED) is 0.454. The molecule has 4 rings (SSSR count). The fraction of sp³-hybridized carbons (Fsp3) is 0.118. The van der Waals surface area contributed by atoms with E-state index in [1.165, 1.54) is 0 Å². The Kier molecular flexibility index (Phi) is 4.10. The van der Waals surface area contributed by atoms with Crippen LogP contribution in [0.3, 0.4) is 0 Å². The Morgan fingerprint density at radius 3 is 2.85 bits per heavy atom. The Balaban J connectivity index is 1.65. The van der Waals surface area contributed by atoms with Crippen LogP contribution in [0, 0.1) is 0 Å². The van der Waals surface area contributed by atoms with Crippen LogP contribution in [0.2, 0.25) is 5.02 Å². The summed E-state index contributed by atoms with van der Waals surface area (Å²) in [6, 6.07) is 11.0. The number of carbonyl (C=O) groups is 1. The normalized spacial score (nSPS) is 11.1. The maximum atomic E-state index is 10.4. The molecule has 0 atom stereocenters. The first kappa shape index (κ1) is 16.2. The molecule has 0 bridgehead atoms. The van der Waals surface area contributed by atoms with Crippen molar-refractivity contribution in [1.82, 2.24) is 15.3 Å². The molecule has 2 aromatic heterocycles. The third kappa shape index (κ3) is 3.14. The summed E-state index contributed by atoms with van der Waals surface area (Å²) in [5.41, 5.74) is 3.14. The zero-order chi connectivity index (χ0) is 18.1. The molecule has 2 heterocycles. The van der Waals surface area contributed by atoms with Gasteiger partial charge in [0.05, 0.1) is 5.56 Å². The predicted molar refractivity (Wildman–Crippen MR) is 96.5 cm³/mol. The first-order valence-electron chi connectivity index (χ1n) is 7.77. The van der Waals surface area contributed by atoms with Gasteiger partial charge in [-0.3, -0.25) is 0 Å². The fourth-order valence-electron chi connectivity index (χ4n) is 2.55. The zero-order valence-electron chi connectivity index (χ0n) is 13.3. The van der Waals surface area contributed by atoms with E-state index < -0.39 is 6.09 Å². The van der Waals surface area contributed by atoms with E-state index in [1.807, 2.05) is 12.1 Å². The monoisotopic (exact) mass is 372 g/mol. The first-order chi connectivity index (χ1) is 12.6. The Bertz CT molecular complexity index is 1100. The number of anilines is 1. The average Bonchev–Trinajstić information content (AvgIpc) is 3.21. The standard InChI is InChI=1S/C17H13ClN4O4/c18-9-4-5-12-11(8-9)21-15(25-12)10-2-1-3-13-14(10)22-16(26-13)19-6-7-20-17(23)24/h1-5,8,20H,6-7H2,(H,19,22)(H,23,24). The van der Waals surface area contributed by atoms with E-state index in [-0.39, 0.29) is 6.54 Å². The lowest BCUT2D eigenvalue weighted by Gasteiger charge is -2.00. The Morgan fingerprint density at radius 1 is 1.12 bits per heavy atom. The number of aromatic nitrogens is 2. The van der Waals surface area contributed by atoms with Crippen LogP contribution < -0.4 is 10.6 Å². The molecule has 9 heteroatoms. The van der Waals surface area contributed by atoms with Gasteiger partial charge in [0.2, 0.25) is 5.89 Å². The summed E-state index contributed by atoms with van der Waals surface area (Å²) in [5.74, 6) is 0.417. The van der Waals surface area contributed by atoms with Crippen molar-refractivity contribution >= 4 is 45.9 Å². The molecule has 0 aliphatic rings. The molecule has 0 saturated heterocycles. The average molecular weight is 373 g/mol. The molecule has 2 aromatic carbocycles. The molecular formula is C17H13ClN4O4. The van der Waals surface area contributed by atoms with Crippen molar-refractivity contribution in [3.05, 3.63) is 41.4 Å². The number of amides is 1. The summed E-state index contributed by atoms with van der Waals surface area (Å²) < 4.78 is 11.4. The SMILES string of the molecule is O=C(O)NCCNc1nc2c(-c3nc4cc(Cl)ccc4o3)cccc2o1. The zero-order valence-corrected chi connectivity index (χ0v) is 14.1. The molecule has 4 aromatic rings. The van der Waals surface area contributed by atoms with Crippen LogP contribution in [-0.2, 0) is 0 Å². The molecule has 0 aliphatic heterocycles. The van der Waals surface area contributed by atoms with Crippen LogP contribution in [-0.4, -0.2) is 34.3 Å². The highest BCUT2D eigenvalue weighted by molar-refractivity contribution is 6.31. The lowest BCUT2D eigenvalue weighted by molar-refractivity contribution is 0.195. The molecule has 0 radical (unpaired) electrons. The number of oxazole rings is 2. The van der Waals surface area contributed by atoms with Crippen molar-refractivity contribution in [2.45, 2.75) is 0 Å². The molecule has 0 aliphatic carbocycles. The van der Waals surface area contributed by atoms with Gasteiger partial charge in [-0.25, -0.2) is 9.78 Å². The number of nitrogens with zero attached hydrogens (tertiary/aromatic N) is 2. The van der Waals surface area contributed by atoms with Gasteiger partial charge in [-0.2, -0.15) is 4.98 Å². The minimum Gasteiger partial charge on any atom is -0.465 e. The molecule has 0 unspecified atom stereocenters. The number of hydrogen-bond donors (Lipinski definition) is 3. The number of benzene rings is 2. The second-order valence-electron chi connectivity index (χ2n) is 5.46. The molecule has 0 fully saturated rings. The van der Waals surface area contributed by atoms with Gasteiger partial charge in [0.25, 0.3) is 6.01 Å². The number of fused-ring (bicyclic) bond motifs is 2. The third-order valence-electron chi connectivity index (χ3n) is 3.68. The van der Waals surface area contributed by atoms with Gasteiger partial charge in [-0.15, -0.1) is 0 Å². The maximum Gasteiger partial charge on any atom is 0.404 e. The van der Waals surface area contributed by atoms with Crippen molar-refractivity contribution in [2.75, 3.05) is 18.4 Å². The lowest BCUT2D eigenvalue weighted by Crippen LogP contribution is -2.26. The third-order valence-corrected chi connectivity index (χ3v) is 3.91. The van der Waals surface area contributed by atoms with E-state index in [4.69, 9.17) is 25.5 Å². The molecule has 132 valence electrons. The van der Waals surface area contributed by atoms with Crippen molar-refractivity contribution in [3.63, 3.8) is 0 Å². The summed E-state index contributed by atoms with van der Waals surface area (Å²) in [5, 5.41) is 14.3. The Morgan fingerprint density at radius 2 is 2.00 bits per heavy atom. The van der Waals surface area contributed by atoms with Gasteiger partial charge < -0.3 is 24.6 Å². The van der Waals surface area contributed by atoms with E-state index in [0.717, 1.165) is 0 Å². The van der Waals surface area contributed by atoms with E-state index in [9.17, 15) is 4.79 Å². The molecular weight excluding hydrogens is 360 g/mol. The van der Waals surface area contributed by atoms with E-state index in [2.05, 4.69) is 20.6 Å². The van der Waals surface area contributed by atoms with Crippen LogP contribution in [0.25, 0.3) is 33.7 Å². The summed E-state index contributed by atoms with van der Waals surface area (Å²) >= 11 is 5.99. The van der Waals surface area contributed by atoms with Crippen LogP contribution in [0.5, 0.6) is 0 Å². The molecule has 0 saturated carbocycles. The second kappa shape index (κ2) is 6.57. The molecule has 3 N–H and O–H groups in total. The van der Waals surface area contributed by atoms with Crippen LogP contribution in [0.1, 0.15) is 0 Å². The van der Waals surface area contributed by atoms with E-state index in [0.29, 0.717) is 51.2 Å². The smallest absolute Gasteiger partial charge is 0.404 e.